The third-order valence-electron chi connectivity index (χ3n) is 6.10. The number of rotatable bonds is 10. The first-order valence-electron chi connectivity index (χ1n) is 11.7. The normalized spacial score (nSPS) is 28.0. The molecule has 1 saturated carbocycles. The molecule has 0 amide bonds. The molecule has 0 bridgehead atoms. The van der Waals surface area contributed by atoms with E-state index in [2.05, 4.69) is 0 Å². The Kier molecular flexibility index (Phi) is 10.2. The van der Waals surface area contributed by atoms with Crippen LogP contribution in [-0.2, 0) is 19.0 Å². The van der Waals surface area contributed by atoms with Crippen molar-refractivity contribution < 1.29 is 38.3 Å². The number of ether oxygens (including phenoxy) is 4. The fraction of sp³-hybridized carbons (Fsp3) is 0.640. The SMILES string of the molecule is CC(C)OC(=O)COC[C@H]1CC[C@@H]2[C@@H](/C=C/[C@@H](O)COc3cc(F)cc(Cl)c3)[C@H](O)C[C@@H]2OC1. The minimum Gasteiger partial charge on any atom is -0.490 e. The number of hydrogen-bond donors (Lipinski definition) is 2. The third-order valence-corrected chi connectivity index (χ3v) is 6.32. The predicted molar refractivity (Wildman–Crippen MR) is 124 cm³/mol. The molecule has 1 saturated heterocycles. The summed E-state index contributed by atoms with van der Waals surface area (Å²) in [4.78, 5) is 11.6. The van der Waals surface area contributed by atoms with E-state index >= 15 is 0 Å². The van der Waals surface area contributed by atoms with Gasteiger partial charge in [-0.15, -0.1) is 0 Å². The summed E-state index contributed by atoms with van der Waals surface area (Å²) >= 11 is 5.81. The third kappa shape index (κ3) is 8.20. The van der Waals surface area contributed by atoms with Gasteiger partial charge in [-0.3, -0.25) is 0 Å². The van der Waals surface area contributed by atoms with Crippen molar-refractivity contribution in [3.05, 3.63) is 41.2 Å². The van der Waals surface area contributed by atoms with E-state index in [9.17, 15) is 19.4 Å². The van der Waals surface area contributed by atoms with E-state index in [4.69, 9.17) is 30.5 Å². The number of hydrogen-bond acceptors (Lipinski definition) is 7. The van der Waals surface area contributed by atoms with E-state index in [1.54, 1.807) is 19.9 Å². The molecular formula is C25H34ClFO7. The average molecular weight is 501 g/mol. The second-order valence-electron chi connectivity index (χ2n) is 9.28. The molecule has 9 heteroatoms. The van der Waals surface area contributed by atoms with E-state index < -0.39 is 18.0 Å². The van der Waals surface area contributed by atoms with Gasteiger partial charge in [0.05, 0.1) is 31.5 Å². The number of aliphatic hydroxyl groups excluding tert-OH is 2. The molecular weight excluding hydrogens is 467 g/mol. The molecule has 7 nitrogen and oxygen atoms in total. The highest BCUT2D eigenvalue weighted by atomic mass is 35.5. The summed E-state index contributed by atoms with van der Waals surface area (Å²) in [5.74, 6) is -0.517. The molecule has 2 fully saturated rings. The molecule has 0 radical (unpaired) electrons. The van der Waals surface area contributed by atoms with E-state index in [1.165, 1.54) is 18.2 Å². The van der Waals surface area contributed by atoms with Crippen LogP contribution in [-0.4, -0.2) is 67.0 Å². The van der Waals surface area contributed by atoms with Crippen molar-refractivity contribution in [1.82, 2.24) is 0 Å². The monoisotopic (exact) mass is 500 g/mol. The van der Waals surface area contributed by atoms with Crippen LogP contribution in [0.3, 0.4) is 0 Å². The first-order valence-corrected chi connectivity index (χ1v) is 12.1. The highest BCUT2D eigenvalue weighted by Crippen LogP contribution is 2.41. The molecule has 0 unspecified atom stereocenters. The summed E-state index contributed by atoms with van der Waals surface area (Å²) in [6.07, 6.45) is 3.93. The van der Waals surface area contributed by atoms with Crippen LogP contribution in [0.1, 0.15) is 33.1 Å². The maximum atomic E-state index is 13.4. The van der Waals surface area contributed by atoms with Crippen molar-refractivity contribution in [3.8, 4) is 5.75 Å². The Labute approximate surface area is 204 Å². The molecule has 1 heterocycles. The molecule has 2 N–H and O–H groups in total. The van der Waals surface area contributed by atoms with Gasteiger partial charge in [0.25, 0.3) is 0 Å². The van der Waals surface area contributed by atoms with Crippen LogP contribution in [0, 0.1) is 23.6 Å². The van der Waals surface area contributed by atoms with Crippen LogP contribution >= 0.6 is 11.6 Å². The molecule has 3 rings (SSSR count). The standard InChI is InChI=1S/C25H34ClFO7/c1-15(2)34-25(30)14-31-11-16-3-5-22-21(23(29)10-24(22)33-12-16)6-4-19(28)13-32-20-8-17(26)7-18(27)9-20/h4,6-9,15-16,19,21-24,28-29H,3,5,10-14H2,1-2H3/b6-4+/t16-,19-,21-,22-,23-,24+/m1/s1. The van der Waals surface area contributed by atoms with Crippen LogP contribution in [0.15, 0.2) is 30.4 Å². The minimum atomic E-state index is -0.924. The number of aliphatic hydroxyl groups is 2. The van der Waals surface area contributed by atoms with E-state index in [0.717, 1.165) is 12.8 Å². The first kappa shape index (κ1) is 26.9. The quantitative estimate of drug-likeness (QED) is 0.375. The Balaban J connectivity index is 1.46. The lowest BCUT2D eigenvalue weighted by molar-refractivity contribution is -0.153. The molecule has 1 aromatic rings. The van der Waals surface area contributed by atoms with Gasteiger partial charge in [0.2, 0.25) is 0 Å². The zero-order valence-electron chi connectivity index (χ0n) is 19.6. The zero-order valence-corrected chi connectivity index (χ0v) is 20.3. The summed E-state index contributed by atoms with van der Waals surface area (Å²) in [5.41, 5.74) is 0. The molecule has 0 spiro atoms. The summed E-state index contributed by atoms with van der Waals surface area (Å²) < 4.78 is 35.5. The Morgan fingerprint density at radius 2 is 2.12 bits per heavy atom. The van der Waals surface area contributed by atoms with Crippen molar-refractivity contribution in [2.45, 2.75) is 57.5 Å². The molecule has 0 aromatic heterocycles. The highest BCUT2D eigenvalue weighted by molar-refractivity contribution is 6.30. The van der Waals surface area contributed by atoms with Crippen LogP contribution in [0.2, 0.25) is 5.02 Å². The van der Waals surface area contributed by atoms with E-state index in [0.29, 0.717) is 19.6 Å². The second kappa shape index (κ2) is 12.8. The van der Waals surface area contributed by atoms with Crippen molar-refractivity contribution in [2.24, 2.45) is 17.8 Å². The van der Waals surface area contributed by atoms with Gasteiger partial charge < -0.3 is 29.2 Å². The van der Waals surface area contributed by atoms with Crippen LogP contribution in [0.4, 0.5) is 4.39 Å². The lowest BCUT2D eigenvalue weighted by Gasteiger charge is -2.21. The maximum absolute atomic E-state index is 13.4. The van der Waals surface area contributed by atoms with Gasteiger partial charge in [0.15, 0.2) is 0 Å². The first-order chi connectivity index (χ1) is 16.2. The molecule has 1 aliphatic heterocycles. The van der Waals surface area contributed by atoms with Crippen molar-refractivity contribution >= 4 is 17.6 Å². The summed E-state index contributed by atoms with van der Waals surface area (Å²) in [6, 6.07) is 3.85. The Morgan fingerprint density at radius 3 is 2.85 bits per heavy atom. The van der Waals surface area contributed by atoms with Gasteiger partial charge >= 0.3 is 5.97 Å². The maximum Gasteiger partial charge on any atom is 0.332 e. The van der Waals surface area contributed by atoms with Gasteiger partial charge in [-0.2, -0.15) is 0 Å². The molecule has 1 aromatic carbocycles. The summed E-state index contributed by atoms with van der Waals surface area (Å²) in [6.45, 7) is 4.37. The minimum absolute atomic E-state index is 0.0663. The largest absolute Gasteiger partial charge is 0.490 e. The number of carbonyl (C=O) groups excluding carboxylic acids is 1. The fourth-order valence-corrected chi connectivity index (χ4v) is 4.77. The van der Waals surface area contributed by atoms with Gasteiger partial charge in [-0.25, -0.2) is 9.18 Å². The summed E-state index contributed by atoms with van der Waals surface area (Å²) in [7, 11) is 0. The van der Waals surface area contributed by atoms with Crippen LogP contribution < -0.4 is 4.74 Å². The van der Waals surface area contributed by atoms with Gasteiger partial charge in [0.1, 0.15) is 30.9 Å². The van der Waals surface area contributed by atoms with Crippen LogP contribution in [0.25, 0.3) is 0 Å². The van der Waals surface area contributed by atoms with Crippen molar-refractivity contribution in [3.63, 3.8) is 0 Å². The number of esters is 1. The number of fused-ring (bicyclic) bond motifs is 1. The average Bonchev–Trinajstić information content (AvgIpc) is 2.91. The molecule has 2 aliphatic rings. The van der Waals surface area contributed by atoms with Crippen LogP contribution in [0.5, 0.6) is 5.75 Å². The smallest absolute Gasteiger partial charge is 0.332 e. The fourth-order valence-electron chi connectivity index (χ4n) is 4.56. The topological polar surface area (TPSA) is 94.5 Å². The number of benzene rings is 1. The van der Waals surface area contributed by atoms with Crippen molar-refractivity contribution in [2.75, 3.05) is 26.4 Å². The van der Waals surface area contributed by atoms with E-state index in [-0.39, 0.29) is 59.9 Å². The van der Waals surface area contributed by atoms with Gasteiger partial charge in [-0.05, 0) is 44.7 Å². The van der Waals surface area contributed by atoms with Gasteiger partial charge in [0, 0.05) is 29.3 Å². The Morgan fingerprint density at radius 1 is 1.32 bits per heavy atom. The lowest BCUT2D eigenvalue weighted by atomic mass is 9.87. The second-order valence-corrected chi connectivity index (χ2v) is 9.72. The predicted octanol–water partition coefficient (Wildman–Crippen LogP) is 3.54. The van der Waals surface area contributed by atoms with E-state index in [1.807, 2.05) is 6.08 Å². The number of carbonyl (C=O) groups is 1. The Hall–Kier alpha value is -1.71. The molecule has 1 aliphatic carbocycles. The molecule has 34 heavy (non-hydrogen) atoms. The molecule has 6 atom stereocenters. The molecule has 190 valence electrons. The number of halogens is 2. The van der Waals surface area contributed by atoms with Crippen molar-refractivity contribution in [1.29, 1.82) is 0 Å². The Bertz CT molecular complexity index is 813. The van der Waals surface area contributed by atoms with Gasteiger partial charge in [-0.1, -0.05) is 23.8 Å². The summed E-state index contributed by atoms with van der Waals surface area (Å²) in [5, 5.41) is 21.1. The lowest BCUT2D eigenvalue weighted by Crippen LogP contribution is -2.22. The zero-order chi connectivity index (χ0) is 24.7. The highest BCUT2D eigenvalue weighted by Gasteiger charge is 2.43.